The molecule has 19 heavy (non-hydrogen) atoms. The molecule has 0 aliphatic heterocycles. The first kappa shape index (κ1) is 15.7. The Hall–Kier alpha value is -1.35. The number of nitrogens with one attached hydrogen (secondary N) is 1. The zero-order chi connectivity index (χ0) is 14.1. The quantitative estimate of drug-likeness (QED) is 0.445. The van der Waals surface area contributed by atoms with E-state index >= 15 is 0 Å². The molecule has 0 fully saturated rings. The van der Waals surface area contributed by atoms with Gasteiger partial charge in [0.2, 0.25) is 0 Å². The predicted octanol–water partition coefficient (Wildman–Crippen LogP) is 3.18. The van der Waals surface area contributed by atoms with Crippen LogP contribution in [0.1, 0.15) is 39.2 Å². The van der Waals surface area contributed by atoms with Crippen molar-refractivity contribution in [1.82, 2.24) is 5.32 Å². The highest BCUT2D eigenvalue weighted by molar-refractivity contribution is 5.71. The van der Waals surface area contributed by atoms with Crippen LogP contribution in [0.25, 0.3) is 0 Å². The largest absolute Gasteiger partial charge is 0.427 e. The fourth-order valence-corrected chi connectivity index (χ4v) is 1.68. The zero-order valence-corrected chi connectivity index (χ0v) is 12.2. The molecule has 0 radical (unpaired) electrons. The topological polar surface area (TPSA) is 38.3 Å². The fourth-order valence-electron chi connectivity index (χ4n) is 1.68. The zero-order valence-electron chi connectivity index (χ0n) is 12.2. The van der Waals surface area contributed by atoms with Crippen molar-refractivity contribution < 1.29 is 9.53 Å². The molecule has 1 aromatic rings. The van der Waals surface area contributed by atoms with Crippen molar-refractivity contribution in [2.75, 3.05) is 13.1 Å². The fraction of sp³-hybridized carbons (Fsp3) is 0.562. The van der Waals surface area contributed by atoms with Crippen LogP contribution in [-0.4, -0.2) is 19.1 Å². The molecule has 0 heterocycles. The van der Waals surface area contributed by atoms with Crippen molar-refractivity contribution in [2.24, 2.45) is 5.92 Å². The van der Waals surface area contributed by atoms with Gasteiger partial charge in [0, 0.05) is 6.42 Å². The molecule has 0 atom stereocenters. The van der Waals surface area contributed by atoms with Gasteiger partial charge in [0.25, 0.3) is 0 Å². The summed E-state index contributed by atoms with van der Waals surface area (Å²) in [4.78, 5) is 11.1. The lowest BCUT2D eigenvalue weighted by atomic mass is 10.1. The van der Waals surface area contributed by atoms with Crippen LogP contribution in [0.4, 0.5) is 0 Å². The molecule has 3 nitrogen and oxygen atoms in total. The molecule has 1 N–H and O–H groups in total. The van der Waals surface area contributed by atoms with E-state index in [1.807, 2.05) is 24.3 Å². The van der Waals surface area contributed by atoms with Crippen LogP contribution in [0.2, 0.25) is 0 Å². The van der Waals surface area contributed by atoms with Gasteiger partial charge in [0.1, 0.15) is 5.75 Å². The third-order valence-electron chi connectivity index (χ3n) is 2.93. The number of hydrogen-bond donors (Lipinski definition) is 1. The smallest absolute Gasteiger partial charge is 0.310 e. The van der Waals surface area contributed by atoms with Gasteiger partial charge in [-0.15, -0.1) is 0 Å². The van der Waals surface area contributed by atoms with Gasteiger partial charge in [-0.3, -0.25) is 4.79 Å². The van der Waals surface area contributed by atoms with E-state index in [2.05, 4.69) is 19.2 Å². The summed E-state index contributed by atoms with van der Waals surface area (Å²) in [5, 5.41) is 3.44. The number of carbonyl (C=O) groups is 1. The van der Waals surface area contributed by atoms with Gasteiger partial charge < -0.3 is 10.1 Å². The molecular formula is C16H25NO2. The number of ether oxygens (including phenoxy) is 1. The monoisotopic (exact) mass is 263 g/mol. The van der Waals surface area contributed by atoms with E-state index in [0.717, 1.165) is 25.4 Å². The standard InChI is InChI=1S/C16H25NO2/c1-4-16(18)19-15-7-5-14(6-8-15)10-12-17-11-9-13(2)3/h5-8,13,17H,4,9-12H2,1-3H3. The van der Waals surface area contributed by atoms with Crippen LogP contribution in [-0.2, 0) is 11.2 Å². The van der Waals surface area contributed by atoms with Crippen molar-refractivity contribution in [3.8, 4) is 5.75 Å². The van der Waals surface area contributed by atoms with Gasteiger partial charge >= 0.3 is 5.97 Å². The average Bonchev–Trinajstić information content (AvgIpc) is 2.39. The number of esters is 1. The van der Waals surface area contributed by atoms with Gasteiger partial charge in [-0.1, -0.05) is 32.9 Å². The maximum absolute atomic E-state index is 11.1. The third kappa shape index (κ3) is 6.97. The van der Waals surface area contributed by atoms with Crippen molar-refractivity contribution in [3.63, 3.8) is 0 Å². The maximum Gasteiger partial charge on any atom is 0.310 e. The summed E-state index contributed by atoms with van der Waals surface area (Å²) >= 11 is 0. The number of hydrogen-bond acceptors (Lipinski definition) is 3. The molecule has 0 amide bonds. The van der Waals surface area contributed by atoms with Crippen molar-refractivity contribution in [1.29, 1.82) is 0 Å². The Kier molecular flexibility index (Phi) is 7.19. The molecule has 0 aromatic heterocycles. The first-order valence-electron chi connectivity index (χ1n) is 7.12. The van der Waals surface area contributed by atoms with E-state index in [4.69, 9.17) is 4.74 Å². The minimum Gasteiger partial charge on any atom is -0.427 e. The van der Waals surface area contributed by atoms with Crippen molar-refractivity contribution >= 4 is 5.97 Å². The minimum absolute atomic E-state index is 0.192. The molecule has 0 saturated carbocycles. The summed E-state index contributed by atoms with van der Waals surface area (Å²) in [6.45, 7) is 8.32. The number of benzene rings is 1. The van der Waals surface area contributed by atoms with E-state index in [1.165, 1.54) is 12.0 Å². The first-order chi connectivity index (χ1) is 9.11. The number of rotatable bonds is 8. The molecule has 0 spiro atoms. The van der Waals surface area contributed by atoms with Crippen LogP contribution in [0.3, 0.4) is 0 Å². The van der Waals surface area contributed by atoms with Crippen LogP contribution >= 0.6 is 0 Å². The van der Waals surface area contributed by atoms with Crippen LogP contribution < -0.4 is 10.1 Å². The van der Waals surface area contributed by atoms with Crippen LogP contribution in [0, 0.1) is 5.92 Å². The molecule has 0 aliphatic rings. The predicted molar refractivity (Wildman–Crippen MR) is 78.4 cm³/mol. The second-order valence-corrected chi connectivity index (χ2v) is 5.15. The van der Waals surface area contributed by atoms with E-state index in [0.29, 0.717) is 12.2 Å². The highest BCUT2D eigenvalue weighted by Gasteiger charge is 2.01. The van der Waals surface area contributed by atoms with Crippen LogP contribution in [0.15, 0.2) is 24.3 Å². The van der Waals surface area contributed by atoms with E-state index in [9.17, 15) is 4.79 Å². The molecule has 1 rings (SSSR count). The van der Waals surface area contributed by atoms with Gasteiger partial charge in [0.05, 0.1) is 0 Å². The normalized spacial score (nSPS) is 10.7. The molecular weight excluding hydrogens is 238 g/mol. The number of carbonyl (C=O) groups excluding carboxylic acids is 1. The van der Waals surface area contributed by atoms with E-state index < -0.39 is 0 Å². The SMILES string of the molecule is CCC(=O)Oc1ccc(CCNCCC(C)C)cc1. The second kappa shape index (κ2) is 8.70. The summed E-state index contributed by atoms with van der Waals surface area (Å²) in [5.41, 5.74) is 1.26. The Morgan fingerprint density at radius 1 is 1.21 bits per heavy atom. The van der Waals surface area contributed by atoms with Gasteiger partial charge in [-0.2, -0.15) is 0 Å². The first-order valence-corrected chi connectivity index (χ1v) is 7.12. The van der Waals surface area contributed by atoms with E-state index in [-0.39, 0.29) is 5.97 Å². The lowest BCUT2D eigenvalue weighted by Gasteiger charge is -2.07. The Bertz CT molecular complexity index is 371. The Balaban J connectivity index is 2.26. The van der Waals surface area contributed by atoms with Gasteiger partial charge in [0.15, 0.2) is 0 Å². The molecule has 1 aromatic carbocycles. The molecule has 0 unspecified atom stereocenters. The minimum atomic E-state index is -0.192. The molecule has 0 saturated heterocycles. The highest BCUT2D eigenvalue weighted by atomic mass is 16.5. The van der Waals surface area contributed by atoms with Gasteiger partial charge in [-0.05, 0) is 49.5 Å². The second-order valence-electron chi connectivity index (χ2n) is 5.15. The maximum atomic E-state index is 11.1. The summed E-state index contributed by atoms with van der Waals surface area (Å²) in [6.07, 6.45) is 2.62. The van der Waals surface area contributed by atoms with E-state index in [1.54, 1.807) is 6.92 Å². The van der Waals surface area contributed by atoms with Crippen LogP contribution in [0.5, 0.6) is 5.75 Å². The Morgan fingerprint density at radius 2 is 1.89 bits per heavy atom. The van der Waals surface area contributed by atoms with Gasteiger partial charge in [-0.25, -0.2) is 0 Å². The Labute approximate surface area is 116 Å². The Morgan fingerprint density at radius 3 is 2.47 bits per heavy atom. The molecule has 106 valence electrons. The lowest BCUT2D eigenvalue weighted by Crippen LogP contribution is -2.19. The average molecular weight is 263 g/mol. The summed E-state index contributed by atoms with van der Waals surface area (Å²) in [7, 11) is 0. The highest BCUT2D eigenvalue weighted by Crippen LogP contribution is 2.13. The molecule has 3 heteroatoms. The molecule has 0 aliphatic carbocycles. The van der Waals surface area contributed by atoms with Crippen molar-refractivity contribution in [3.05, 3.63) is 29.8 Å². The summed E-state index contributed by atoms with van der Waals surface area (Å²) in [6, 6.07) is 7.75. The molecule has 0 bridgehead atoms. The summed E-state index contributed by atoms with van der Waals surface area (Å²) < 4.78 is 5.13. The summed E-state index contributed by atoms with van der Waals surface area (Å²) in [5.74, 6) is 1.19. The van der Waals surface area contributed by atoms with Crippen molar-refractivity contribution in [2.45, 2.75) is 40.0 Å². The lowest BCUT2D eigenvalue weighted by molar-refractivity contribution is -0.134. The third-order valence-corrected chi connectivity index (χ3v) is 2.93.